The number of carbonyl (C=O) groups excluding carboxylic acids is 1. The number of carbonyl (C=O) groups is 1. The zero-order chi connectivity index (χ0) is 12.1. The van der Waals surface area contributed by atoms with Crippen molar-refractivity contribution in [1.82, 2.24) is 0 Å². The highest BCUT2D eigenvalue weighted by Gasteiger charge is 2.21. The molecule has 0 spiro atoms. The van der Waals surface area contributed by atoms with E-state index in [0.29, 0.717) is 5.56 Å². The monoisotopic (exact) mass is 228 g/mol. The lowest BCUT2D eigenvalue weighted by Gasteiger charge is -2.10. The van der Waals surface area contributed by atoms with E-state index in [2.05, 4.69) is 4.74 Å². The van der Waals surface area contributed by atoms with Gasteiger partial charge in [0.2, 0.25) is 0 Å². The van der Waals surface area contributed by atoms with Gasteiger partial charge in [0.05, 0.1) is 13.7 Å². The summed E-state index contributed by atoms with van der Waals surface area (Å²) in [6.45, 7) is 0.269. The number of rotatable bonds is 4. The van der Waals surface area contributed by atoms with Crippen LogP contribution in [0.1, 0.15) is 17.2 Å². The third-order valence-corrected chi connectivity index (χ3v) is 2.09. The van der Waals surface area contributed by atoms with Gasteiger partial charge in [0.1, 0.15) is 5.82 Å². The minimum Gasteiger partial charge on any atom is -0.467 e. The molecule has 88 valence electrons. The highest BCUT2D eigenvalue weighted by atomic mass is 19.1. The highest BCUT2D eigenvalue weighted by Crippen LogP contribution is 2.19. The van der Waals surface area contributed by atoms with Crippen LogP contribution in [0.3, 0.4) is 0 Å². The fourth-order valence-corrected chi connectivity index (χ4v) is 1.29. The summed E-state index contributed by atoms with van der Waals surface area (Å²) in [6.07, 6.45) is -1.60. The minimum absolute atomic E-state index is 0.105. The second kappa shape index (κ2) is 5.58. The maximum atomic E-state index is 13.5. The molecule has 0 aliphatic heterocycles. The van der Waals surface area contributed by atoms with Crippen molar-refractivity contribution in [3.05, 3.63) is 35.1 Å². The van der Waals surface area contributed by atoms with E-state index in [1.807, 2.05) is 0 Å². The van der Waals surface area contributed by atoms with Gasteiger partial charge in [-0.05, 0) is 11.6 Å². The number of methoxy groups -OCH3 is 2. The Morgan fingerprint density at radius 1 is 1.50 bits per heavy atom. The van der Waals surface area contributed by atoms with Crippen molar-refractivity contribution in [2.45, 2.75) is 12.7 Å². The van der Waals surface area contributed by atoms with Gasteiger partial charge in [-0.15, -0.1) is 0 Å². The summed E-state index contributed by atoms with van der Waals surface area (Å²) < 4.78 is 22.6. The number of hydrogen-bond acceptors (Lipinski definition) is 4. The van der Waals surface area contributed by atoms with Crippen LogP contribution in [0.2, 0.25) is 0 Å². The largest absolute Gasteiger partial charge is 0.467 e. The van der Waals surface area contributed by atoms with Crippen molar-refractivity contribution in [1.29, 1.82) is 0 Å². The molecule has 0 fully saturated rings. The Kier molecular flexibility index (Phi) is 4.39. The summed E-state index contributed by atoms with van der Waals surface area (Å²) in [5.41, 5.74) is 0.521. The lowest BCUT2D eigenvalue weighted by Crippen LogP contribution is -2.15. The van der Waals surface area contributed by atoms with E-state index in [1.165, 1.54) is 19.2 Å². The molecule has 0 bridgehead atoms. The van der Waals surface area contributed by atoms with E-state index in [9.17, 15) is 14.3 Å². The Morgan fingerprint density at radius 2 is 2.19 bits per heavy atom. The normalized spacial score (nSPS) is 12.2. The molecule has 0 aromatic heterocycles. The molecule has 1 unspecified atom stereocenters. The summed E-state index contributed by atoms with van der Waals surface area (Å²) in [4.78, 5) is 11.0. The van der Waals surface area contributed by atoms with Crippen LogP contribution in [-0.2, 0) is 20.9 Å². The molecule has 16 heavy (non-hydrogen) atoms. The van der Waals surface area contributed by atoms with Crippen molar-refractivity contribution >= 4 is 5.97 Å². The Morgan fingerprint density at radius 3 is 2.69 bits per heavy atom. The maximum absolute atomic E-state index is 13.5. The fraction of sp³-hybridized carbons (Fsp3) is 0.364. The quantitative estimate of drug-likeness (QED) is 0.786. The second-order valence-electron chi connectivity index (χ2n) is 3.21. The van der Waals surface area contributed by atoms with Gasteiger partial charge in [-0.3, -0.25) is 0 Å². The minimum atomic E-state index is -1.60. The molecule has 0 radical (unpaired) electrons. The summed E-state index contributed by atoms with van der Waals surface area (Å²) >= 11 is 0. The van der Waals surface area contributed by atoms with Crippen LogP contribution in [-0.4, -0.2) is 25.3 Å². The van der Waals surface area contributed by atoms with E-state index >= 15 is 0 Å². The van der Waals surface area contributed by atoms with Crippen molar-refractivity contribution in [3.8, 4) is 0 Å². The van der Waals surface area contributed by atoms with Gasteiger partial charge >= 0.3 is 5.97 Å². The van der Waals surface area contributed by atoms with E-state index in [-0.39, 0.29) is 12.2 Å². The predicted molar refractivity (Wildman–Crippen MR) is 54.1 cm³/mol. The summed E-state index contributed by atoms with van der Waals surface area (Å²) in [5.74, 6) is -1.55. The number of ether oxygens (including phenoxy) is 2. The number of aliphatic hydroxyl groups excluding tert-OH is 1. The van der Waals surface area contributed by atoms with E-state index in [4.69, 9.17) is 4.74 Å². The van der Waals surface area contributed by atoms with Crippen LogP contribution in [0.25, 0.3) is 0 Å². The molecule has 0 saturated carbocycles. The standard InChI is InChI=1S/C11H13FO4/c1-15-6-7-3-4-8(9(12)5-7)10(13)11(14)16-2/h3-5,10,13H,6H2,1-2H3. The molecule has 1 aromatic carbocycles. The molecule has 0 aliphatic carbocycles. The lowest BCUT2D eigenvalue weighted by atomic mass is 10.1. The first kappa shape index (κ1) is 12.6. The summed E-state index contributed by atoms with van der Waals surface area (Å²) in [7, 11) is 2.62. The van der Waals surface area contributed by atoms with Crippen molar-refractivity contribution in [3.63, 3.8) is 0 Å². The predicted octanol–water partition coefficient (Wildman–Crippen LogP) is 1.18. The van der Waals surface area contributed by atoms with Gasteiger partial charge in [0.25, 0.3) is 0 Å². The van der Waals surface area contributed by atoms with Crippen LogP contribution < -0.4 is 0 Å². The Labute approximate surface area is 92.6 Å². The molecule has 0 aliphatic rings. The molecular weight excluding hydrogens is 215 g/mol. The van der Waals surface area contributed by atoms with Crippen LogP contribution in [0.5, 0.6) is 0 Å². The van der Waals surface area contributed by atoms with Crippen LogP contribution >= 0.6 is 0 Å². The SMILES string of the molecule is COCc1ccc(C(O)C(=O)OC)c(F)c1. The fourth-order valence-electron chi connectivity index (χ4n) is 1.29. The first-order valence-corrected chi connectivity index (χ1v) is 4.63. The summed E-state index contributed by atoms with van der Waals surface area (Å²) in [5, 5.41) is 9.44. The van der Waals surface area contributed by atoms with Gasteiger partial charge in [-0.1, -0.05) is 12.1 Å². The van der Waals surface area contributed by atoms with Crippen LogP contribution in [0, 0.1) is 5.82 Å². The zero-order valence-corrected chi connectivity index (χ0v) is 9.07. The van der Waals surface area contributed by atoms with Crippen molar-refractivity contribution in [2.75, 3.05) is 14.2 Å². The van der Waals surface area contributed by atoms with Gasteiger partial charge in [-0.25, -0.2) is 9.18 Å². The topological polar surface area (TPSA) is 55.8 Å². The number of aliphatic hydroxyl groups is 1. The van der Waals surface area contributed by atoms with Crippen LogP contribution in [0.15, 0.2) is 18.2 Å². The molecule has 5 heteroatoms. The average Bonchev–Trinajstić information content (AvgIpc) is 2.28. The lowest BCUT2D eigenvalue weighted by molar-refractivity contribution is -0.150. The number of halogens is 1. The van der Waals surface area contributed by atoms with E-state index < -0.39 is 17.9 Å². The smallest absolute Gasteiger partial charge is 0.339 e. The van der Waals surface area contributed by atoms with Gasteiger partial charge < -0.3 is 14.6 Å². The average molecular weight is 228 g/mol. The molecule has 1 atom stereocenters. The Balaban J connectivity index is 2.94. The first-order chi connectivity index (χ1) is 7.60. The molecule has 4 nitrogen and oxygen atoms in total. The van der Waals surface area contributed by atoms with Gasteiger partial charge in [0, 0.05) is 12.7 Å². The molecule has 1 aromatic rings. The second-order valence-corrected chi connectivity index (χ2v) is 3.21. The third kappa shape index (κ3) is 2.77. The zero-order valence-electron chi connectivity index (χ0n) is 9.07. The molecule has 1 rings (SSSR count). The summed E-state index contributed by atoms with van der Waals surface area (Å²) in [6, 6.07) is 4.13. The van der Waals surface area contributed by atoms with Gasteiger partial charge in [0.15, 0.2) is 6.10 Å². The molecule has 0 amide bonds. The highest BCUT2D eigenvalue weighted by molar-refractivity contribution is 5.76. The van der Waals surface area contributed by atoms with E-state index in [1.54, 1.807) is 6.07 Å². The number of benzene rings is 1. The van der Waals surface area contributed by atoms with E-state index in [0.717, 1.165) is 7.11 Å². The van der Waals surface area contributed by atoms with Crippen LogP contribution in [0.4, 0.5) is 4.39 Å². The third-order valence-electron chi connectivity index (χ3n) is 2.09. The number of hydrogen-bond donors (Lipinski definition) is 1. The van der Waals surface area contributed by atoms with Gasteiger partial charge in [-0.2, -0.15) is 0 Å². The van der Waals surface area contributed by atoms with Crippen molar-refractivity contribution in [2.24, 2.45) is 0 Å². The Hall–Kier alpha value is -1.46. The molecule has 0 saturated heterocycles. The maximum Gasteiger partial charge on any atom is 0.339 e. The molecule has 0 heterocycles. The van der Waals surface area contributed by atoms with Crippen molar-refractivity contribution < 1.29 is 23.8 Å². The molecule has 1 N–H and O–H groups in total. The first-order valence-electron chi connectivity index (χ1n) is 4.63. The number of esters is 1. The molecular formula is C11H13FO4. The Bertz CT molecular complexity index is 378.